The summed E-state index contributed by atoms with van der Waals surface area (Å²) >= 11 is 0. The Morgan fingerprint density at radius 1 is 1.20 bits per heavy atom. The summed E-state index contributed by atoms with van der Waals surface area (Å²) in [5.74, 6) is 1.72. The Bertz CT molecular complexity index is 172. The Kier molecular flexibility index (Phi) is 4.42. The molecule has 1 atom stereocenters. The highest BCUT2D eigenvalue weighted by Crippen LogP contribution is 2.19. The van der Waals surface area contributed by atoms with Gasteiger partial charge < -0.3 is 15.0 Å². The first-order valence-electron chi connectivity index (χ1n) is 6.30. The molecule has 0 amide bonds. The van der Waals surface area contributed by atoms with Gasteiger partial charge >= 0.3 is 0 Å². The van der Waals surface area contributed by atoms with Crippen LogP contribution in [0.4, 0.5) is 0 Å². The van der Waals surface area contributed by atoms with E-state index in [2.05, 4.69) is 10.2 Å². The van der Waals surface area contributed by atoms with Gasteiger partial charge in [-0.15, -0.1) is 0 Å². The third-order valence-corrected chi connectivity index (χ3v) is 3.79. The van der Waals surface area contributed by atoms with Gasteiger partial charge in [0.05, 0.1) is 0 Å². The van der Waals surface area contributed by atoms with Gasteiger partial charge in [-0.3, -0.25) is 0 Å². The summed E-state index contributed by atoms with van der Waals surface area (Å²) in [6.45, 7) is 7.30. The molecule has 2 heterocycles. The highest BCUT2D eigenvalue weighted by atomic mass is 16.5. The van der Waals surface area contributed by atoms with Crippen LogP contribution in [0.15, 0.2) is 0 Å². The lowest BCUT2D eigenvalue weighted by Gasteiger charge is -2.33. The Morgan fingerprint density at radius 3 is 2.60 bits per heavy atom. The molecule has 0 aromatic rings. The predicted molar refractivity (Wildman–Crippen MR) is 62.0 cm³/mol. The lowest BCUT2D eigenvalue weighted by Crippen LogP contribution is -2.38. The van der Waals surface area contributed by atoms with Crippen LogP contribution in [0.2, 0.25) is 0 Å². The van der Waals surface area contributed by atoms with Gasteiger partial charge in [-0.05, 0) is 57.3 Å². The summed E-state index contributed by atoms with van der Waals surface area (Å²) < 4.78 is 5.22. The molecular weight excluding hydrogens is 188 g/mol. The molecule has 0 bridgehead atoms. The minimum atomic E-state index is 0.813. The largest absolute Gasteiger partial charge is 0.384 e. The molecule has 15 heavy (non-hydrogen) atoms. The van der Waals surface area contributed by atoms with Gasteiger partial charge in [0.2, 0.25) is 0 Å². The molecule has 2 rings (SSSR count). The minimum Gasteiger partial charge on any atom is -0.384 e. The number of hydrogen-bond donors (Lipinski definition) is 1. The molecule has 0 aliphatic carbocycles. The molecule has 3 heteroatoms. The van der Waals surface area contributed by atoms with Gasteiger partial charge in [0.1, 0.15) is 0 Å². The van der Waals surface area contributed by atoms with E-state index in [0.29, 0.717) is 0 Å². The van der Waals surface area contributed by atoms with E-state index in [4.69, 9.17) is 4.74 Å². The molecule has 3 nitrogen and oxygen atoms in total. The van der Waals surface area contributed by atoms with Gasteiger partial charge in [0.15, 0.2) is 0 Å². The Labute approximate surface area is 93.2 Å². The van der Waals surface area contributed by atoms with Crippen LogP contribution in [0.5, 0.6) is 0 Å². The summed E-state index contributed by atoms with van der Waals surface area (Å²) in [5.41, 5.74) is 0. The van der Waals surface area contributed by atoms with Crippen molar-refractivity contribution >= 4 is 0 Å². The maximum absolute atomic E-state index is 5.22. The first-order valence-corrected chi connectivity index (χ1v) is 6.30. The fraction of sp³-hybridized carbons (Fsp3) is 1.00. The van der Waals surface area contributed by atoms with E-state index in [-0.39, 0.29) is 0 Å². The third-order valence-electron chi connectivity index (χ3n) is 3.79. The van der Waals surface area contributed by atoms with Crippen molar-refractivity contribution in [1.82, 2.24) is 10.2 Å². The third kappa shape index (κ3) is 3.44. The highest BCUT2D eigenvalue weighted by molar-refractivity contribution is 4.78. The molecule has 2 saturated heterocycles. The summed E-state index contributed by atoms with van der Waals surface area (Å²) in [4.78, 5) is 2.64. The number of likely N-dealkylation sites (tertiary alicyclic amines) is 1. The fourth-order valence-electron chi connectivity index (χ4n) is 2.81. The zero-order valence-electron chi connectivity index (χ0n) is 9.87. The van der Waals surface area contributed by atoms with Crippen LogP contribution >= 0.6 is 0 Å². The van der Waals surface area contributed by atoms with Crippen molar-refractivity contribution in [3.8, 4) is 0 Å². The summed E-state index contributed by atoms with van der Waals surface area (Å²) in [5, 5.41) is 3.44. The van der Waals surface area contributed by atoms with E-state index in [0.717, 1.165) is 18.4 Å². The SMILES string of the molecule is COCC1CCN(CC2CCNC2)CC1. The number of nitrogens with one attached hydrogen (secondary N) is 1. The second kappa shape index (κ2) is 5.83. The summed E-state index contributed by atoms with van der Waals surface area (Å²) in [6, 6.07) is 0. The molecule has 1 unspecified atom stereocenters. The second-order valence-electron chi connectivity index (χ2n) is 5.06. The average molecular weight is 212 g/mol. The van der Waals surface area contributed by atoms with Gasteiger partial charge in [0, 0.05) is 20.3 Å². The smallest absolute Gasteiger partial charge is 0.0491 e. The van der Waals surface area contributed by atoms with Crippen molar-refractivity contribution in [3.63, 3.8) is 0 Å². The first kappa shape index (κ1) is 11.4. The van der Waals surface area contributed by atoms with Crippen molar-refractivity contribution in [2.75, 3.05) is 46.4 Å². The molecular formula is C12H24N2O. The zero-order valence-corrected chi connectivity index (χ0v) is 9.87. The van der Waals surface area contributed by atoms with Crippen LogP contribution in [0.1, 0.15) is 19.3 Å². The molecule has 0 aromatic carbocycles. The quantitative estimate of drug-likeness (QED) is 0.751. The van der Waals surface area contributed by atoms with Crippen molar-refractivity contribution in [1.29, 1.82) is 0 Å². The van der Waals surface area contributed by atoms with Crippen LogP contribution in [0, 0.1) is 11.8 Å². The van der Waals surface area contributed by atoms with Crippen molar-refractivity contribution in [3.05, 3.63) is 0 Å². The maximum Gasteiger partial charge on any atom is 0.0491 e. The van der Waals surface area contributed by atoms with Crippen molar-refractivity contribution < 1.29 is 4.74 Å². The van der Waals surface area contributed by atoms with Crippen molar-refractivity contribution in [2.45, 2.75) is 19.3 Å². The molecule has 0 radical (unpaired) electrons. The minimum absolute atomic E-state index is 0.813. The molecule has 2 aliphatic rings. The van der Waals surface area contributed by atoms with E-state index in [1.807, 2.05) is 7.11 Å². The molecule has 1 N–H and O–H groups in total. The normalized spacial score (nSPS) is 29.8. The van der Waals surface area contributed by atoms with Gasteiger partial charge in [-0.2, -0.15) is 0 Å². The highest BCUT2D eigenvalue weighted by Gasteiger charge is 2.22. The van der Waals surface area contributed by atoms with Crippen LogP contribution in [-0.4, -0.2) is 51.3 Å². The van der Waals surface area contributed by atoms with Crippen LogP contribution in [-0.2, 0) is 4.74 Å². The Morgan fingerprint density at radius 2 is 2.00 bits per heavy atom. The standard InChI is InChI=1S/C12H24N2O/c1-15-10-11-3-6-14(7-4-11)9-12-2-5-13-8-12/h11-13H,2-10H2,1H3. The number of nitrogens with zero attached hydrogens (tertiary/aromatic N) is 1. The molecule has 0 saturated carbocycles. The maximum atomic E-state index is 5.22. The lowest BCUT2D eigenvalue weighted by molar-refractivity contribution is 0.0938. The molecule has 0 aromatic heterocycles. The summed E-state index contributed by atoms with van der Waals surface area (Å²) in [6.07, 6.45) is 4.03. The number of ether oxygens (including phenoxy) is 1. The van der Waals surface area contributed by atoms with E-state index >= 15 is 0 Å². The monoisotopic (exact) mass is 212 g/mol. The van der Waals surface area contributed by atoms with E-state index < -0.39 is 0 Å². The Balaban J connectivity index is 1.64. The second-order valence-corrected chi connectivity index (χ2v) is 5.06. The van der Waals surface area contributed by atoms with E-state index in [1.54, 1.807) is 0 Å². The lowest BCUT2D eigenvalue weighted by atomic mass is 9.96. The molecule has 2 aliphatic heterocycles. The van der Waals surface area contributed by atoms with Crippen LogP contribution < -0.4 is 5.32 Å². The average Bonchev–Trinajstić information content (AvgIpc) is 2.74. The number of rotatable bonds is 4. The van der Waals surface area contributed by atoms with Crippen LogP contribution in [0.25, 0.3) is 0 Å². The van der Waals surface area contributed by atoms with E-state index in [9.17, 15) is 0 Å². The van der Waals surface area contributed by atoms with Gasteiger partial charge in [-0.25, -0.2) is 0 Å². The van der Waals surface area contributed by atoms with Gasteiger partial charge in [0.25, 0.3) is 0 Å². The Hall–Kier alpha value is -0.120. The summed E-state index contributed by atoms with van der Waals surface area (Å²) in [7, 11) is 1.82. The number of piperidine rings is 1. The van der Waals surface area contributed by atoms with Crippen LogP contribution in [0.3, 0.4) is 0 Å². The molecule has 0 spiro atoms. The fourth-order valence-corrected chi connectivity index (χ4v) is 2.81. The van der Waals surface area contributed by atoms with Crippen molar-refractivity contribution in [2.24, 2.45) is 11.8 Å². The topological polar surface area (TPSA) is 24.5 Å². The molecule has 2 fully saturated rings. The molecule has 88 valence electrons. The number of hydrogen-bond acceptors (Lipinski definition) is 3. The van der Waals surface area contributed by atoms with Gasteiger partial charge in [-0.1, -0.05) is 0 Å². The van der Waals surface area contributed by atoms with E-state index in [1.165, 1.54) is 52.0 Å². The first-order chi connectivity index (χ1) is 7.38. The zero-order chi connectivity index (χ0) is 10.5. The number of methoxy groups -OCH3 is 1. The predicted octanol–water partition coefficient (Wildman–Crippen LogP) is 0.954.